The first-order valence-electron chi connectivity index (χ1n) is 13.2. The van der Waals surface area contributed by atoms with Crippen LogP contribution in [0.25, 0.3) is 10.9 Å². The van der Waals surface area contributed by atoms with Crippen LogP contribution in [0.2, 0.25) is 0 Å². The van der Waals surface area contributed by atoms with E-state index >= 15 is 0 Å². The Morgan fingerprint density at radius 1 is 1.29 bits per heavy atom. The van der Waals surface area contributed by atoms with E-state index in [0.29, 0.717) is 53.4 Å². The van der Waals surface area contributed by atoms with Crippen LogP contribution in [0.3, 0.4) is 0 Å². The van der Waals surface area contributed by atoms with E-state index < -0.39 is 5.60 Å². The maximum absolute atomic E-state index is 13.0. The lowest BCUT2D eigenvalue weighted by atomic mass is 9.59. The summed E-state index contributed by atoms with van der Waals surface area (Å²) in [5.41, 5.74) is 0.866. The van der Waals surface area contributed by atoms with Gasteiger partial charge in [-0.2, -0.15) is 5.10 Å². The topological polar surface area (TPSA) is 122 Å². The number of fused-ring (bicyclic) bond motifs is 2. The van der Waals surface area contributed by atoms with Gasteiger partial charge in [-0.1, -0.05) is 19.9 Å². The number of likely N-dealkylation sites (tertiary alicyclic amines) is 1. The second kappa shape index (κ2) is 10.2. The van der Waals surface area contributed by atoms with Crippen molar-refractivity contribution in [2.24, 2.45) is 17.8 Å². The first kappa shape index (κ1) is 26.0. The molecule has 2 fully saturated rings. The monoisotopic (exact) mass is 520 g/mol. The smallest absolute Gasteiger partial charge is 0.274 e. The molecule has 3 atom stereocenters. The van der Waals surface area contributed by atoms with Crippen molar-refractivity contribution < 1.29 is 19.4 Å². The molecule has 10 nitrogen and oxygen atoms in total. The molecular formula is C28H36N6O4. The Morgan fingerprint density at radius 2 is 2.11 bits per heavy atom. The normalized spacial score (nSPS) is 22.6. The van der Waals surface area contributed by atoms with Gasteiger partial charge in [-0.25, -0.2) is 4.98 Å². The zero-order valence-corrected chi connectivity index (χ0v) is 22.4. The number of hydrogen-bond acceptors (Lipinski definition) is 7. The lowest BCUT2D eigenvalue weighted by molar-refractivity contribution is -0.164. The Bertz CT molecular complexity index is 1350. The number of aromatic nitrogens is 3. The Morgan fingerprint density at radius 3 is 2.82 bits per heavy atom. The number of aliphatic hydroxyl groups is 1. The predicted octanol–water partition coefficient (Wildman–Crippen LogP) is 3.38. The number of hydrogen-bond donors (Lipinski definition) is 3. The van der Waals surface area contributed by atoms with Gasteiger partial charge in [-0.05, 0) is 55.7 Å². The molecule has 202 valence electrons. The predicted molar refractivity (Wildman–Crippen MR) is 145 cm³/mol. The van der Waals surface area contributed by atoms with Gasteiger partial charge in [-0.3, -0.25) is 14.3 Å². The summed E-state index contributed by atoms with van der Waals surface area (Å²) in [5, 5.41) is 21.8. The van der Waals surface area contributed by atoms with Crippen LogP contribution in [0.1, 0.15) is 44.1 Å². The quantitative estimate of drug-likeness (QED) is 0.416. The summed E-state index contributed by atoms with van der Waals surface area (Å²) >= 11 is 0. The van der Waals surface area contributed by atoms with Gasteiger partial charge >= 0.3 is 0 Å². The molecule has 1 saturated heterocycles. The van der Waals surface area contributed by atoms with Crippen LogP contribution in [-0.4, -0.2) is 68.9 Å². The molecule has 1 saturated carbocycles. The van der Waals surface area contributed by atoms with Crippen molar-refractivity contribution in [1.29, 1.82) is 0 Å². The second-order valence-electron chi connectivity index (χ2n) is 11.1. The van der Waals surface area contributed by atoms with Gasteiger partial charge in [-0.15, -0.1) is 0 Å². The molecule has 3 heterocycles. The molecule has 1 aliphatic carbocycles. The number of carbonyl (C=O) groups excluding carboxylic acids is 2. The van der Waals surface area contributed by atoms with E-state index in [1.165, 1.54) is 7.11 Å². The van der Waals surface area contributed by atoms with Crippen LogP contribution in [-0.2, 0) is 11.3 Å². The van der Waals surface area contributed by atoms with E-state index in [0.717, 1.165) is 24.8 Å². The van der Waals surface area contributed by atoms with Crippen molar-refractivity contribution >= 4 is 34.2 Å². The first-order valence-corrected chi connectivity index (χ1v) is 13.2. The van der Waals surface area contributed by atoms with Crippen LogP contribution in [0.15, 0.2) is 36.5 Å². The highest BCUT2D eigenvalue weighted by Crippen LogP contribution is 2.48. The first-order chi connectivity index (χ1) is 18.1. The number of nitrogens with zero attached hydrogens (tertiary/aromatic N) is 4. The van der Waals surface area contributed by atoms with Gasteiger partial charge in [0.1, 0.15) is 23.8 Å². The zero-order chi connectivity index (χ0) is 27.0. The lowest BCUT2D eigenvalue weighted by Crippen LogP contribution is -2.60. The lowest BCUT2D eigenvalue weighted by Gasteiger charge is -2.54. The van der Waals surface area contributed by atoms with Crippen LogP contribution in [0.4, 0.5) is 11.5 Å². The maximum Gasteiger partial charge on any atom is 0.274 e. The average molecular weight is 521 g/mol. The van der Waals surface area contributed by atoms with E-state index in [-0.39, 0.29) is 24.3 Å². The van der Waals surface area contributed by atoms with Crippen molar-refractivity contribution in [3.8, 4) is 5.75 Å². The fourth-order valence-corrected chi connectivity index (χ4v) is 5.65. The molecule has 2 aliphatic rings. The zero-order valence-electron chi connectivity index (χ0n) is 22.4. The molecule has 0 spiro atoms. The van der Waals surface area contributed by atoms with Crippen LogP contribution < -0.4 is 15.4 Å². The number of methoxy groups -OCH3 is 1. The van der Waals surface area contributed by atoms with Gasteiger partial charge in [0.25, 0.3) is 5.91 Å². The van der Waals surface area contributed by atoms with Crippen molar-refractivity contribution in [2.45, 2.75) is 45.8 Å². The number of carbonyl (C=O) groups is 2. The fraction of sp³-hybridized carbons (Fsp3) is 0.500. The van der Waals surface area contributed by atoms with Gasteiger partial charge in [0.2, 0.25) is 5.91 Å². The maximum atomic E-state index is 13.0. The molecule has 3 aromatic rings. The molecule has 1 aliphatic heterocycles. The van der Waals surface area contributed by atoms with Crippen LogP contribution >= 0.6 is 0 Å². The minimum absolute atomic E-state index is 0.0142. The van der Waals surface area contributed by atoms with E-state index in [1.807, 2.05) is 17.9 Å². The number of rotatable bonds is 8. The number of pyridine rings is 1. The van der Waals surface area contributed by atoms with Crippen molar-refractivity contribution in [3.05, 3.63) is 42.2 Å². The summed E-state index contributed by atoms with van der Waals surface area (Å²) in [4.78, 5) is 32.3. The number of anilines is 2. The van der Waals surface area contributed by atoms with Gasteiger partial charge < -0.3 is 25.4 Å². The van der Waals surface area contributed by atoms with Gasteiger partial charge in [0.05, 0.1) is 23.9 Å². The SMILES string of the molecule is COc1cc2nn(CC(=O)N3CCC4C(C3)CC4(C)O)cc2cc1NC(=O)c1cccc(NCC(C)C)n1. The number of piperidine rings is 1. The Balaban J connectivity index is 1.27. The summed E-state index contributed by atoms with van der Waals surface area (Å²) in [6.07, 6.45) is 3.38. The van der Waals surface area contributed by atoms with Crippen LogP contribution in [0.5, 0.6) is 5.75 Å². The summed E-state index contributed by atoms with van der Waals surface area (Å²) in [6.45, 7) is 8.34. The van der Waals surface area contributed by atoms with E-state index in [2.05, 4.69) is 34.6 Å². The van der Waals surface area contributed by atoms with Gasteiger partial charge in [0, 0.05) is 37.3 Å². The highest BCUT2D eigenvalue weighted by atomic mass is 16.5. The molecule has 2 aromatic heterocycles. The molecule has 5 rings (SSSR count). The Hall–Kier alpha value is -3.66. The molecule has 2 amide bonds. The van der Waals surface area contributed by atoms with Crippen molar-refractivity contribution in [2.75, 3.05) is 37.4 Å². The largest absolute Gasteiger partial charge is 0.494 e. The molecule has 0 bridgehead atoms. The summed E-state index contributed by atoms with van der Waals surface area (Å²) < 4.78 is 7.15. The molecule has 0 radical (unpaired) electrons. The molecule has 10 heteroatoms. The van der Waals surface area contributed by atoms with Gasteiger partial charge in [0.15, 0.2) is 0 Å². The van der Waals surface area contributed by atoms with E-state index in [4.69, 9.17) is 4.74 Å². The average Bonchev–Trinajstić information content (AvgIpc) is 3.27. The molecule has 38 heavy (non-hydrogen) atoms. The third kappa shape index (κ3) is 5.31. The highest BCUT2D eigenvalue weighted by molar-refractivity contribution is 6.05. The molecule has 3 unspecified atom stereocenters. The fourth-order valence-electron chi connectivity index (χ4n) is 5.65. The number of nitrogens with one attached hydrogen (secondary N) is 2. The van der Waals surface area contributed by atoms with Crippen molar-refractivity contribution in [3.63, 3.8) is 0 Å². The summed E-state index contributed by atoms with van der Waals surface area (Å²) in [5.74, 6) is 1.89. The Kier molecular flexibility index (Phi) is 7.00. The second-order valence-corrected chi connectivity index (χ2v) is 11.1. The summed E-state index contributed by atoms with van der Waals surface area (Å²) in [7, 11) is 1.54. The molecule has 1 aromatic carbocycles. The van der Waals surface area contributed by atoms with Crippen LogP contribution in [0, 0.1) is 17.8 Å². The standard InChI is InChI=1S/C28H36N6O4/c1-17(2)13-29-25-7-5-6-21(30-25)27(36)31-23-10-18-15-34(32-22(18)11-24(23)38-4)16-26(35)33-9-8-20-19(14-33)12-28(20,3)37/h5-7,10-11,15,17,19-20,37H,8-9,12-14,16H2,1-4H3,(H,29,30)(H,31,36). The summed E-state index contributed by atoms with van der Waals surface area (Å²) in [6, 6.07) is 8.84. The minimum atomic E-state index is -0.588. The molecular weight excluding hydrogens is 484 g/mol. The Labute approximate surface area is 222 Å². The number of ether oxygens (including phenoxy) is 1. The van der Waals surface area contributed by atoms with E-state index in [1.54, 1.807) is 35.1 Å². The minimum Gasteiger partial charge on any atom is -0.494 e. The van der Waals surface area contributed by atoms with Crippen molar-refractivity contribution in [1.82, 2.24) is 19.7 Å². The highest BCUT2D eigenvalue weighted by Gasteiger charge is 2.51. The third-order valence-electron chi connectivity index (χ3n) is 7.65. The molecule has 3 N–H and O–H groups in total. The number of benzene rings is 1. The third-order valence-corrected chi connectivity index (χ3v) is 7.65. The number of amides is 2. The van der Waals surface area contributed by atoms with E-state index in [9.17, 15) is 14.7 Å².